The quantitative estimate of drug-likeness (QED) is 0.782. The Balaban J connectivity index is 1.71. The lowest BCUT2D eigenvalue weighted by Crippen LogP contribution is -2.47. The van der Waals surface area contributed by atoms with Crippen LogP contribution in [0.4, 0.5) is 0 Å². The van der Waals surface area contributed by atoms with Gasteiger partial charge in [-0.25, -0.2) is 4.79 Å². The molecule has 1 aromatic carbocycles. The molecule has 0 N–H and O–H groups in total. The maximum atomic E-state index is 12.4. The lowest BCUT2D eigenvalue weighted by molar-refractivity contribution is -0.176. The summed E-state index contributed by atoms with van der Waals surface area (Å²) in [7, 11) is 0. The Morgan fingerprint density at radius 3 is 2.25 bits per heavy atom. The molecule has 0 radical (unpaired) electrons. The maximum Gasteiger partial charge on any atom is 0.338 e. The Hall–Kier alpha value is -2.70. The van der Waals surface area contributed by atoms with Crippen LogP contribution in [0.25, 0.3) is 0 Å². The Labute approximate surface area is 139 Å². The highest BCUT2D eigenvalue weighted by Crippen LogP contribution is 2.25. The number of benzene rings is 1. The van der Waals surface area contributed by atoms with Gasteiger partial charge in [0.15, 0.2) is 0 Å². The monoisotopic (exact) mass is 330 g/mol. The first-order valence-corrected chi connectivity index (χ1v) is 7.89. The van der Waals surface area contributed by atoms with Gasteiger partial charge in [-0.3, -0.25) is 14.4 Å². The predicted molar refractivity (Wildman–Crippen MR) is 82.6 cm³/mol. The average molecular weight is 330 g/mol. The molecule has 1 saturated heterocycles. The third kappa shape index (κ3) is 2.66. The van der Waals surface area contributed by atoms with Crippen LogP contribution in [0.5, 0.6) is 0 Å². The fourth-order valence-electron chi connectivity index (χ4n) is 2.98. The van der Waals surface area contributed by atoms with Crippen LogP contribution in [-0.4, -0.2) is 46.2 Å². The van der Waals surface area contributed by atoms with Gasteiger partial charge in [-0.15, -0.1) is 0 Å². The minimum Gasteiger partial charge on any atom is -0.339 e. The zero-order chi connectivity index (χ0) is 17.4. The Morgan fingerprint density at radius 2 is 1.71 bits per heavy atom. The molecule has 3 amide bonds. The summed E-state index contributed by atoms with van der Waals surface area (Å²) in [4.78, 5) is 55.3. The molecular weight excluding hydrogens is 312 g/mol. The summed E-state index contributed by atoms with van der Waals surface area (Å²) in [5.41, 5.74) is 0.441. The van der Waals surface area contributed by atoms with Crippen molar-refractivity contribution < 1.29 is 24.0 Å². The minimum atomic E-state index is -0.664. The van der Waals surface area contributed by atoms with Crippen LogP contribution in [0.2, 0.25) is 0 Å². The standard InChI is InChI=1S/C17H18N2O5/c1-10(2)18-9-11(7-8-14(18)20)17(23)24-19-15(21)12-5-3-4-6-13(12)16(19)22/h3-6,10-11H,7-9H2,1-2H3. The van der Waals surface area contributed by atoms with E-state index in [4.69, 9.17) is 4.84 Å². The number of carbonyl (C=O) groups is 4. The van der Waals surface area contributed by atoms with Crippen LogP contribution in [0, 0.1) is 5.92 Å². The van der Waals surface area contributed by atoms with E-state index in [9.17, 15) is 19.2 Å². The zero-order valence-electron chi connectivity index (χ0n) is 13.5. The smallest absolute Gasteiger partial charge is 0.338 e. The van der Waals surface area contributed by atoms with E-state index in [2.05, 4.69) is 0 Å². The number of piperidine rings is 1. The van der Waals surface area contributed by atoms with Gasteiger partial charge >= 0.3 is 5.97 Å². The Morgan fingerprint density at radius 1 is 1.12 bits per heavy atom. The number of amides is 3. The highest BCUT2D eigenvalue weighted by Gasteiger charge is 2.41. The molecule has 1 atom stereocenters. The molecule has 3 rings (SSSR count). The first-order chi connectivity index (χ1) is 11.4. The van der Waals surface area contributed by atoms with E-state index in [1.54, 1.807) is 17.0 Å². The van der Waals surface area contributed by atoms with Crippen molar-refractivity contribution in [3.05, 3.63) is 35.4 Å². The van der Waals surface area contributed by atoms with Crippen LogP contribution in [0.1, 0.15) is 47.4 Å². The van der Waals surface area contributed by atoms with E-state index in [-0.39, 0.29) is 36.0 Å². The summed E-state index contributed by atoms with van der Waals surface area (Å²) in [5, 5.41) is 0.517. The number of nitrogens with zero attached hydrogens (tertiary/aromatic N) is 2. The van der Waals surface area contributed by atoms with Crippen molar-refractivity contribution >= 4 is 23.7 Å². The van der Waals surface area contributed by atoms with Gasteiger partial charge in [0.1, 0.15) is 0 Å². The minimum absolute atomic E-state index is 0.00483. The average Bonchev–Trinajstić information content (AvgIpc) is 2.80. The largest absolute Gasteiger partial charge is 0.339 e. The van der Waals surface area contributed by atoms with Crippen LogP contribution in [0.15, 0.2) is 24.3 Å². The topological polar surface area (TPSA) is 84.0 Å². The van der Waals surface area contributed by atoms with E-state index in [1.807, 2.05) is 13.8 Å². The summed E-state index contributed by atoms with van der Waals surface area (Å²) in [5.74, 6) is -2.50. The molecule has 0 spiro atoms. The lowest BCUT2D eigenvalue weighted by atomic mass is 9.97. The highest BCUT2D eigenvalue weighted by molar-refractivity contribution is 6.20. The second-order valence-corrected chi connectivity index (χ2v) is 6.24. The van der Waals surface area contributed by atoms with Crippen molar-refractivity contribution in [2.45, 2.75) is 32.7 Å². The fourth-order valence-corrected chi connectivity index (χ4v) is 2.98. The number of hydrogen-bond acceptors (Lipinski definition) is 5. The van der Waals surface area contributed by atoms with Gasteiger partial charge in [0.25, 0.3) is 11.8 Å². The molecule has 7 heteroatoms. The van der Waals surface area contributed by atoms with Crippen LogP contribution in [-0.2, 0) is 14.4 Å². The van der Waals surface area contributed by atoms with Crippen LogP contribution >= 0.6 is 0 Å². The van der Waals surface area contributed by atoms with Gasteiger partial charge in [0, 0.05) is 19.0 Å². The first kappa shape index (κ1) is 16.2. The molecule has 0 saturated carbocycles. The summed E-state index contributed by atoms with van der Waals surface area (Å²) in [6.45, 7) is 3.98. The molecule has 2 heterocycles. The predicted octanol–water partition coefficient (Wildman–Crippen LogP) is 1.39. The van der Waals surface area contributed by atoms with Gasteiger partial charge < -0.3 is 9.74 Å². The van der Waals surface area contributed by atoms with E-state index in [1.165, 1.54) is 12.1 Å². The molecule has 0 aliphatic carbocycles. The van der Waals surface area contributed by atoms with Crippen molar-refractivity contribution in [3.8, 4) is 0 Å². The molecule has 1 fully saturated rings. The van der Waals surface area contributed by atoms with Crippen LogP contribution in [0.3, 0.4) is 0 Å². The molecular formula is C17H18N2O5. The molecule has 24 heavy (non-hydrogen) atoms. The lowest BCUT2D eigenvalue weighted by Gasteiger charge is -2.34. The Kier molecular flexibility index (Phi) is 4.09. The molecule has 2 aliphatic heterocycles. The maximum absolute atomic E-state index is 12.4. The number of rotatable bonds is 3. The van der Waals surface area contributed by atoms with Gasteiger partial charge in [0.2, 0.25) is 5.91 Å². The number of likely N-dealkylation sites (tertiary alicyclic amines) is 1. The SMILES string of the molecule is CC(C)N1CC(C(=O)ON2C(=O)c3ccccc3C2=O)CCC1=O. The van der Waals surface area contributed by atoms with Gasteiger partial charge in [-0.2, -0.15) is 0 Å². The number of hydroxylamine groups is 2. The molecule has 2 aliphatic rings. The zero-order valence-corrected chi connectivity index (χ0v) is 13.5. The first-order valence-electron chi connectivity index (χ1n) is 7.89. The Bertz CT molecular complexity index is 692. The molecule has 1 aromatic rings. The van der Waals surface area contributed by atoms with Crippen LogP contribution < -0.4 is 0 Å². The summed E-state index contributed by atoms with van der Waals surface area (Å²) in [6, 6.07) is 6.30. The molecule has 1 unspecified atom stereocenters. The highest BCUT2D eigenvalue weighted by atomic mass is 16.7. The second kappa shape index (κ2) is 6.07. The molecule has 0 aromatic heterocycles. The van der Waals surface area contributed by atoms with Gasteiger partial charge in [0.05, 0.1) is 17.0 Å². The third-order valence-electron chi connectivity index (χ3n) is 4.34. The van der Waals surface area contributed by atoms with E-state index in [0.29, 0.717) is 11.5 Å². The third-order valence-corrected chi connectivity index (χ3v) is 4.34. The van der Waals surface area contributed by atoms with Gasteiger partial charge in [-0.1, -0.05) is 17.2 Å². The van der Waals surface area contributed by atoms with E-state index >= 15 is 0 Å². The number of fused-ring (bicyclic) bond motifs is 1. The normalized spacial score (nSPS) is 20.6. The number of imide groups is 1. The second-order valence-electron chi connectivity index (χ2n) is 6.24. The summed E-state index contributed by atoms with van der Waals surface area (Å²) < 4.78 is 0. The van der Waals surface area contributed by atoms with Gasteiger partial charge in [-0.05, 0) is 32.4 Å². The van der Waals surface area contributed by atoms with E-state index in [0.717, 1.165) is 0 Å². The molecule has 126 valence electrons. The molecule has 0 bridgehead atoms. The van der Waals surface area contributed by atoms with Crippen molar-refractivity contribution in [3.63, 3.8) is 0 Å². The van der Waals surface area contributed by atoms with Crippen molar-refractivity contribution in [1.82, 2.24) is 9.96 Å². The van der Waals surface area contributed by atoms with Crippen molar-refractivity contribution in [1.29, 1.82) is 0 Å². The number of hydrogen-bond donors (Lipinski definition) is 0. The summed E-state index contributed by atoms with van der Waals surface area (Å²) in [6.07, 6.45) is 0.601. The fraction of sp³-hybridized carbons (Fsp3) is 0.412. The summed E-state index contributed by atoms with van der Waals surface area (Å²) >= 11 is 0. The van der Waals surface area contributed by atoms with E-state index < -0.39 is 23.7 Å². The van der Waals surface area contributed by atoms with Crippen molar-refractivity contribution in [2.75, 3.05) is 6.54 Å². The van der Waals surface area contributed by atoms with Crippen molar-refractivity contribution in [2.24, 2.45) is 5.92 Å². The number of carbonyl (C=O) groups excluding carboxylic acids is 4. The molecule has 7 nitrogen and oxygen atoms in total.